The van der Waals surface area contributed by atoms with Crippen LogP contribution in [0.3, 0.4) is 0 Å². The summed E-state index contributed by atoms with van der Waals surface area (Å²) in [4.78, 5) is 21.9. The molecule has 1 amide bonds. The average Bonchev–Trinajstić information content (AvgIpc) is 2.85. The van der Waals surface area contributed by atoms with E-state index < -0.39 is 0 Å². The lowest BCUT2D eigenvalue weighted by Crippen LogP contribution is -2.51. The van der Waals surface area contributed by atoms with E-state index in [1.54, 1.807) is 6.07 Å². The number of likely N-dealkylation sites (tertiary alicyclic amines) is 1. The van der Waals surface area contributed by atoms with Crippen molar-refractivity contribution in [1.82, 2.24) is 19.6 Å². The molecule has 1 unspecified atom stereocenters. The highest BCUT2D eigenvalue weighted by molar-refractivity contribution is 6.35. The van der Waals surface area contributed by atoms with E-state index in [0.29, 0.717) is 16.0 Å². The number of carbonyl (C=O) groups is 1. The summed E-state index contributed by atoms with van der Waals surface area (Å²) in [7, 11) is 1.98. The first kappa shape index (κ1) is 27.0. The number of piperidine rings is 1. The number of carbonyl (C=O) groups excluding carboxylic acids is 1. The van der Waals surface area contributed by atoms with E-state index in [2.05, 4.69) is 26.9 Å². The number of benzene rings is 1. The quantitative estimate of drug-likeness (QED) is 0.651. The maximum atomic E-state index is 13.1. The fourth-order valence-electron chi connectivity index (χ4n) is 4.68. The number of nitrogens with zero attached hydrogens (tertiary/aromatic N) is 4. The molecule has 0 bridgehead atoms. The average molecular weight is 509 g/mol. The normalized spacial score (nSPS) is 22.3. The first-order valence-electron chi connectivity index (χ1n) is 12.4. The maximum absolute atomic E-state index is 13.1. The number of halogens is 2. The SMILES string of the molecule is CC.CN1C=CC(CN2CCC(C(=O)N3CCN(Cc4ccc(Cl)cc4Cl)CC3)CC2)=CC1N. The van der Waals surface area contributed by atoms with Crippen LogP contribution in [0.4, 0.5) is 0 Å². The summed E-state index contributed by atoms with van der Waals surface area (Å²) in [5.74, 6) is 0.474. The molecule has 6 nitrogen and oxygen atoms in total. The molecule has 3 aliphatic rings. The van der Waals surface area contributed by atoms with E-state index in [0.717, 1.165) is 70.8 Å². The number of rotatable bonds is 5. The number of hydrogen-bond donors (Lipinski definition) is 1. The van der Waals surface area contributed by atoms with Crippen LogP contribution < -0.4 is 5.73 Å². The van der Waals surface area contributed by atoms with Crippen LogP contribution in [0.2, 0.25) is 10.0 Å². The van der Waals surface area contributed by atoms with E-state index in [1.165, 1.54) is 5.57 Å². The first-order chi connectivity index (χ1) is 16.4. The predicted molar refractivity (Wildman–Crippen MR) is 142 cm³/mol. The van der Waals surface area contributed by atoms with Gasteiger partial charge in [-0.3, -0.25) is 14.6 Å². The lowest BCUT2D eigenvalue weighted by Gasteiger charge is -2.39. The zero-order valence-corrected chi connectivity index (χ0v) is 22.2. The molecule has 4 rings (SSSR count). The molecule has 2 fully saturated rings. The van der Waals surface area contributed by atoms with Gasteiger partial charge in [0.25, 0.3) is 0 Å². The molecule has 0 aliphatic carbocycles. The summed E-state index contributed by atoms with van der Waals surface area (Å²) in [6.07, 6.45) is 8.11. The van der Waals surface area contributed by atoms with Crippen molar-refractivity contribution in [2.24, 2.45) is 11.7 Å². The van der Waals surface area contributed by atoms with Crippen LogP contribution in [0.1, 0.15) is 32.3 Å². The van der Waals surface area contributed by atoms with Gasteiger partial charge in [0.2, 0.25) is 5.91 Å². The third-order valence-electron chi connectivity index (χ3n) is 6.81. The van der Waals surface area contributed by atoms with Crippen LogP contribution in [-0.2, 0) is 11.3 Å². The number of hydrogen-bond acceptors (Lipinski definition) is 5. The summed E-state index contributed by atoms with van der Waals surface area (Å²) >= 11 is 12.3. The molecule has 0 radical (unpaired) electrons. The largest absolute Gasteiger partial charge is 0.362 e. The molecule has 3 aliphatic heterocycles. The Kier molecular flexibility index (Phi) is 10.3. The Morgan fingerprint density at radius 2 is 1.65 bits per heavy atom. The minimum absolute atomic E-state index is 0.0523. The lowest BCUT2D eigenvalue weighted by atomic mass is 9.94. The fourth-order valence-corrected chi connectivity index (χ4v) is 5.15. The van der Waals surface area contributed by atoms with Gasteiger partial charge in [0.1, 0.15) is 0 Å². The number of likely N-dealkylation sites (N-methyl/N-ethyl adjacent to an activating group) is 1. The summed E-state index contributed by atoms with van der Waals surface area (Å²) < 4.78 is 0. The molecular weight excluding hydrogens is 469 g/mol. The van der Waals surface area contributed by atoms with Crippen LogP contribution in [-0.4, -0.2) is 84.5 Å². The van der Waals surface area contributed by atoms with Gasteiger partial charge in [-0.15, -0.1) is 0 Å². The smallest absolute Gasteiger partial charge is 0.225 e. The standard InChI is InChI=1S/C24H33Cl2N5O.C2H6/c1-28-7-4-18(14-23(28)27)16-29-8-5-19(6-9-29)24(32)31-12-10-30(11-13-31)17-20-2-3-21(25)15-22(20)26;1-2/h2-4,7,14-15,19,23H,5-6,8-13,16-17,27H2,1H3;1-2H3. The molecule has 2 N–H and O–H groups in total. The van der Waals surface area contributed by atoms with Gasteiger partial charge in [0.05, 0.1) is 6.17 Å². The minimum Gasteiger partial charge on any atom is -0.362 e. The number of nitrogens with two attached hydrogens (primary N) is 1. The third kappa shape index (κ3) is 7.22. The summed E-state index contributed by atoms with van der Waals surface area (Å²) in [6, 6.07) is 5.66. The van der Waals surface area contributed by atoms with Crippen molar-refractivity contribution >= 4 is 29.1 Å². The fraction of sp³-hybridized carbons (Fsp3) is 0.577. The Morgan fingerprint density at radius 1 is 1.00 bits per heavy atom. The van der Waals surface area contributed by atoms with E-state index >= 15 is 0 Å². The molecule has 0 aromatic heterocycles. The molecule has 1 atom stereocenters. The van der Waals surface area contributed by atoms with E-state index in [1.807, 2.05) is 44.1 Å². The summed E-state index contributed by atoms with van der Waals surface area (Å²) in [6.45, 7) is 10.9. The van der Waals surface area contributed by atoms with E-state index in [4.69, 9.17) is 28.9 Å². The Balaban J connectivity index is 0.00000158. The minimum atomic E-state index is -0.0523. The van der Waals surface area contributed by atoms with Crippen molar-refractivity contribution in [3.05, 3.63) is 57.7 Å². The number of amides is 1. The van der Waals surface area contributed by atoms with Gasteiger partial charge in [0.15, 0.2) is 0 Å². The van der Waals surface area contributed by atoms with Gasteiger partial charge in [-0.05, 0) is 61.4 Å². The molecule has 3 heterocycles. The van der Waals surface area contributed by atoms with Crippen molar-refractivity contribution in [3.63, 3.8) is 0 Å². The van der Waals surface area contributed by atoms with Gasteiger partial charge in [0, 0.05) is 68.5 Å². The lowest BCUT2D eigenvalue weighted by molar-refractivity contribution is -0.138. The van der Waals surface area contributed by atoms with Crippen molar-refractivity contribution in [1.29, 1.82) is 0 Å². The Labute approximate surface area is 214 Å². The summed E-state index contributed by atoms with van der Waals surface area (Å²) in [5, 5.41) is 1.36. The van der Waals surface area contributed by atoms with Crippen LogP contribution in [0.15, 0.2) is 42.1 Å². The maximum Gasteiger partial charge on any atom is 0.225 e. The zero-order valence-electron chi connectivity index (χ0n) is 20.7. The van der Waals surface area contributed by atoms with Gasteiger partial charge < -0.3 is 15.5 Å². The Morgan fingerprint density at radius 3 is 2.26 bits per heavy atom. The highest BCUT2D eigenvalue weighted by atomic mass is 35.5. The molecule has 0 spiro atoms. The molecular formula is C26H39Cl2N5O. The van der Waals surface area contributed by atoms with E-state index in [9.17, 15) is 4.79 Å². The van der Waals surface area contributed by atoms with Crippen LogP contribution in [0.25, 0.3) is 0 Å². The topological polar surface area (TPSA) is 56.0 Å². The Hall–Kier alpha value is -1.57. The first-order valence-corrected chi connectivity index (χ1v) is 13.2. The monoisotopic (exact) mass is 507 g/mol. The van der Waals surface area contributed by atoms with Gasteiger partial charge in [-0.1, -0.05) is 43.1 Å². The predicted octanol–water partition coefficient (Wildman–Crippen LogP) is 4.05. The van der Waals surface area contributed by atoms with Crippen LogP contribution in [0, 0.1) is 5.92 Å². The van der Waals surface area contributed by atoms with Crippen molar-refractivity contribution in [2.75, 3.05) is 52.9 Å². The van der Waals surface area contributed by atoms with Gasteiger partial charge >= 0.3 is 0 Å². The molecule has 1 aromatic carbocycles. The molecule has 188 valence electrons. The van der Waals surface area contributed by atoms with E-state index in [-0.39, 0.29) is 12.1 Å². The molecule has 1 aromatic rings. The second-order valence-corrected chi connectivity index (χ2v) is 9.94. The van der Waals surface area contributed by atoms with Crippen LogP contribution >= 0.6 is 23.2 Å². The second kappa shape index (κ2) is 12.9. The molecule has 0 saturated carbocycles. The van der Waals surface area contributed by atoms with Gasteiger partial charge in [-0.25, -0.2) is 0 Å². The number of piperazine rings is 1. The van der Waals surface area contributed by atoms with Crippen LogP contribution in [0.5, 0.6) is 0 Å². The van der Waals surface area contributed by atoms with Crippen molar-refractivity contribution in [3.8, 4) is 0 Å². The van der Waals surface area contributed by atoms with Crippen molar-refractivity contribution < 1.29 is 4.79 Å². The summed E-state index contributed by atoms with van der Waals surface area (Å²) in [5.41, 5.74) is 8.44. The molecule has 8 heteroatoms. The zero-order chi connectivity index (χ0) is 24.7. The highest BCUT2D eigenvalue weighted by Gasteiger charge is 2.30. The van der Waals surface area contributed by atoms with Gasteiger partial charge in [-0.2, -0.15) is 0 Å². The molecule has 2 saturated heterocycles. The highest BCUT2D eigenvalue weighted by Crippen LogP contribution is 2.24. The second-order valence-electron chi connectivity index (χ2n) is 9.10. The molecule has 34 heavy (non-hydrogen) atoms. The van der Waals surface area contributed by atoms with Crippen molar-refractivity contribution in [2.45, 2.75) is 39.4 Å². The third-order valence-corrected chi connectivity index (χ3v) is 7.40. The Bertz CT molecular complexity index is 874.